The van der Waals surface area contributed by atoms with Gasteiger partial charge in [0.25, 0.3) is 0 Å². The minimum Gasteiger partial charge on any atom is -0.312 e. The normalized spacial score (nSPS) is 10.7. The standard InChI is InChI=1S/C20H22N4OS/c1-4-23(18-8-6-5-7-16(18)3)19(25)13-26-20-22-21-14-24(20)17-11-9-15(2)10-12-17/h5-12,14H,4,13H2,1-3H3. The molecule has 134 valence electrons. The van der Waals surface area contributed by atoms with Gasteiger partial charge in [-0.25, -0.2) is 0 Å². The van der Waals surface area contributed by atoms with E-state index < -0.39 is 0 Å². The molecule has 26 heavy (non-hydrogen) atoms. The molecule has 0 aliphatic heterocycles. The third kappa shape index (κ3) is 3.96. The number of carbonyl (C=O) groups is 1. The fourth-order valence-electron chi connectivity index (χ4n) is 2.76. The highest BCUT2D eigenvalue weighted by molar-refractivity contribution is 7.99. The Morgan fingerprint density at radius 3 is 2.54 bits per heavy atom. The van der Waals surface area contributed by atoms with Crippen molar-refractivity contribution in [2.45, 2.75) is 25.9 Å². The smallest absolute Gasteiger partial charge is 0.237 e. The molecule has 0 atom stereocenters. The number of rotatable bonds is 6. The van der Waals surface area contributed by atoms with Gasteiger partial charge in [-0.2, -0.15) is 0 Å². The summed E-state index contributed by atoms with van der Waals surface area (Å²) in [6.45, 7) is 6.69. The quantitative estimate of drug-likeness (QED) is 0.618. The summed E-state index contributed by atoms with van der Waals surface area (Å²) in [5, 5.41) is 8.88. The average molecular weight is 366 g/mol. The molecule has 5 nitrogen and oxygen atoms in total. The zero-order chi connectivity index (χ0) is 18.5. The van der Waals surface area contributed by atoms with E-state index in [1.807, 2.05) is 71.8 Å². The molecular weight excluding hydrogens is 344 g/mol. The van der Waals surface area contributed by atoms with Crippen LogP contribution in [0.15, 0.2) is 60.0 Å². The van der Waals surface area contributed by atoms with Crippen LogP contribution in [0.5, 0.6) is 0 Å². The summed E-state index contributed by atoms with van der Waals surface area (Å²) in [4.78, 5) is 14.6. The number of carbonyl (C=O) groups excluding carboxylic acids is 1. The van der Waals surface area contributed by atoms with Gasteiger partial charge in [-0.1, -0.05) is 47.7 Å². The first-order chi connectivity index (χ1) is 12.6. The summed E-state index contributed by atoms with van der Waals surface area (Å²) in [5.74, 6) is 0.373. The molecule has 3 rings (SSSR count). The number of anilines is 1. The van der Waals surface area contributed by atoms with Crippen LogP contribution in [0, 0.1) is 13.8 Å². The Morgan fingerprint density at radius 1 is 1.12 bits per heavy atom. The van der Waals surface area contributed by atoms with Gasteiger partial charge in [-0.05, 0) is 44.5 Å². The van der Waals surface area contributed by atoms with Crippen LogP contribution in [-0.4, -0.2) is 33.0 Å². The Hall–Kier alpha value is -2.60. The molecule has 3 aromatic rings. The number of para-hydroxylation sites is 1. The molecular formula is C20H22N4OS. The van der Waals surface area contributed by atoms with Crippen molar-refractivity contribution in [3.05, 3.63) is 66.0 Å². The predicted octanol–water partition coefficient (Wildman–Crippen LogP) is 4.03. The molecule has 1 aromatic heterocycles. The summed E-state index contributed by atoms with van der Waals surface area (Å²) in [6, 6.07) is 16.1. The molecule has 0 bridgehead atoms. The van der Waals surface area contributed by atoms with Gasteiger partial charge in [0.2, 0.25) is 5.91 Å². The van der Waals surface area contributed by atoms with Crippen LogP contribution < -0.4 is 4.90 Å². The number of nitrogens with zero attached hydrogens (tertiary/aromatic N) is 4. The first-order valence-corrected chi connectivity index (χ1v) is 9.54. The fourth-order valence-corrected chi connectivity index (χ4v) is 3.56. The third-order valence-electron chi connectivity index (χ3n) is 4.18. The average Bonchev–Trinajstić information content (AvgIpc) is 3.11. The number of hydrogen-bond donors (Lipinski definition) is 0. The minimum atomic E-state index is 0.0604. The number of hydrogen-bond acceptors (Lipinski definition) is 4. The first kappa shape index (κ1) is 18.2. The van der Waals surface area contributed by atoms with Crippen LogP contribution >= 0.6 is 11.8 Å². The maximum Gasteiger partial charge on any atom is 0.237 e. The highest BCUT2D eigenvalue weighted by Gasteiger charge is 2.17. The Bertz CT molecular complexity index is 889. The number of aromatic nitrogens is 3. The molecule has 0 saturated carbocycles. The van der Waals surface area contributed by atoms with Gasteiger partial charge in [-0.3, -0.25) is 9.36 Å². The molecule has 0 aliphatic carbocycles. The molecule has 0 aliphatic rings. The molecule has 2 aromatic carbocycles. The zero-order valence-electron chi connectivity index (χ0n) is 15.2. The van der Waals surface area contributed by atoms with Gasteiger partial charge < -0.3 is 4.90 Å². The van der Waals surface area contributed by atoms with E-state index in [-0.39, 0.29) is 5.91 Å². The van der Waals surface area contributed by atoms with Crippen molar-refractivity contribution < 1.29 is 4.79 Å². The van der Waals surface area contributed by atoms with E-state index in [0.29, 0.717) is 17.5 Å². The van der Waals surface area contributed by atoms with Crippen molar-refractivity contribution in [3.8, 4) is 5.69 Å². The van der Waals surface area contributed by atoms with Crippen molar-refractivity contribution in [1.29, 1.82) is 0 Å². The number of benzene rings is 2. The van der Waals surface area contributed by atoms with Crippen LogP contribution in [0.2, 0.25) is 0 Å². The lowest BCUT2D eigenvalue weighted by atomic mass is 10.2. The second kappa shape index (κ2) is 8.19. The molecule has 0 radical (unpaired) electrons. The third-order valence-corrected chi connectivity index (χ3v) is 5.10. The van der Waals surface area contributed by atoms with Gasteiger partial charge in [0.15, 0.2) is 5.16 Å². The Labute approximate surface area is 158 Å². The molecule has 1 heterocycles. The van der Waals surface area contributed by atoms with Crippen molar-refractivity contribution in [2.75, 3.05) is 17.2 Å². The number of thioether (sulfide) groups is 1. The van der Waals surface area contributed by atoms with Gasteiger partial charge in [0.1, 0.15) is 6.33 Å². The highest BCUT2D eigenvalue weighted by Crippen LogP contribution is 2.23. The summed E-state index contributed by atoms with van der Waals surface area (Å²) < 4.78 is 1.90. The molecule has 0 unspecified atom stereocenters. The zero-order valence-corrected chi connectivity index (χ0v) is 16.0. The van der Waals surface area contributed by atoms with E-state index in [4.69, 9.17) is 0 Å². The molecule has 1 amide bonds. The Balaban J connectivity index is 1.73. The Morgan fingerprint density at radius 2 is 1.85 bits per heavy atom. The molecule has 0 N–H and O–H groups in total. The van der Waals surface area contributed by atoms with Crippen molar-refractivity contribution in [1.82, 2.24) is 14.8 Å². The van der Waals surface area contributed by atoms with Crippen molar-refractivity contribution in [2.24, 2.45) is 0 Å². The maximum absolute atomic E-state index is 12.8. The lowest BCUT2D eigenvalue weighted by molar-refractivity contribution is -0.116. The number of aryl methyl sites for hydroxylation is 2. The lowest BCUT2D eigenvalue weighted by Crippen LogP contribution is -2.32. The highest BCUT2D eigenvalue weighted by atomic mass is 32.2. The SMILES string of the molecule is CCN(C(=O)CSc1nncn1-c1ccc(C)cc1)c1ccccc1C. The van der Waals surface area contributed by atoms with E-state index in [0.717, 1.165) is 16.9 Å². The van der Waals surface area contributed by atoms with Gasteiger partial charge in [-0.15, -0.1) is 10.2 Å². The van der Waals surface area contributed by atoms with E-state index in [1.165, 1.54) is 17.3 Å². The molecule has 0 spiro atoms. The second-order valence-electron chi connectivity index (χ2n) is 6.03. The largest absolute Gasteiger partial charge is 0.312 e. The van der Waals surface area contributed by atoms with Gasteiger partial charge >= 0.3 is 0 Å². The summed E-state index contributed by atoms with van der Waals surface area (Å²) in [6.07, 6.45) is 1.68. The van der Waals surface area contributed by atoms with Crippen LogP contribution in [0.1, 0.15) is 18.1 Å². The summed E-state index contributed by atoms with van der Waals surface area (Å²) >= 11 is 1.40. The monoisotopic (exact) mass is 366 g/mol. The van der Waals surface area contributed by atoms with Crippen LogP contribution in [-0.2, 0) is 4.79 Å². The van der Waals surface area contributed by atoms with Crippen LogP contribution in [0.25, 0.3) is 5.69 Å². The lowest BCUT2D eigenvalue weighted by Gasteiger charge is -2.22. The van der Waals surface area contributed by atoms with Gasteiger partial charge in [0, 0.05) is 17.9 Å². The van der Waals surface area contributed by atoms with Gasteiger partial charge in [0.05, 0.1) is 5.75 Å². The van der Waals surface area contributed by atoms with Crippen LogP contribution in [0.3, 0.4) is 0 Å². The molecule has 0 fully saturated rings. The fraction of sp³-hybridized carbons (Fsp3) is 0.250. The summed E-state index contributed by atoms with van der Waals surface area (Å²) in [7, 11) is 0. The van der Waals surface area contributed by atoms with E-state index >= 15 is 0 Å². The van der Waals surface area contributed by atoms with E-state index in [9.17, 15) is 4.79 Å². The van der Waals surface area contributed by atoms with Crippen molar-refractivity contribution in [3.63, 3.8) is 0 Å². The Kier molecular flexibility index (Phi) is 5.73. The summed E-state index contributed by atoms with van der Waals surface area (Å²) in [5.41, 5.74) is 4.24. The topological polar surface area (TPSA) is 51.0 Å². The second-order valence-corrected chi connectivity index (χ2v) is 6.97. The molecule has 6 heteroatoms. The predicted molar refractivity (Wildman–Crippen MR) is 106 cm³/mol. The van der Waals surface area contributed by atoms with Crippen LogP contribution in [0.4, 0.5) is 5.69 Å². The first-order valence-electron chi connectivity index (χ1n) is 8.56. The number of amides is 1. The van der Waals surface area contributed by atoms with E-state index in [1.54, 1.807) is 6.33 Å². The molecule has 0 saturated heterocycles. The maximum atomic E-state index is 12.8. The minimum absolute atomic E-state index is 0.0604. The van der Waals surface area contributed by atoms with Crippen molar-refractivity contribution >= 4 is 23.4 Å². The van der Waals surface area contributed by atoms with E-state index in [2.05, 4.69) is 17.1 Å².